The molecule has 4 rings (SSSR count). The molecule has 182 valence electrons. The van der Waals surface area contributed by atoms with Gasteiger partial charge in [0.25, 0.3) is 0 Å². The van der Waals surface area contributed by atoms with Gasteiger partial charge in [-0.15, -0.1) is 0 Å². The van der Waals surface area contributed by atoms with Crippen molar-refractivity contribution in [1.82, 2.24) is 15.2 Å². The van der Waals surface area contributed by atoms with Crippen LogP contribution in [0.2, 0.25) is 5.02 Å². The number of fused-ring (bicyclic) bond motifs is 1. The number of carboxylic acids is 1. The van der Waals surface area contributed by atoms with Crippen molar-refractivity contribution in [3.05, 3.63) is 64.8 Å². The first-order valence-corrected chi connectivity index (χ1v) is 10.7. The number of carbonyl (C=O) groups is 2. The monoisotopic (exact) mass is 497 g/mol. The number of piperazine rings is 1. The summed E-state index contributed by atoms with van der Waals surface area (Å²) in [6.07, 6.45) is -4.72. The number of carbonyl (C=O) groups excluding carboxylic acids is 1. The molecule has 1 aliphatic heterocycles. The Hall–Kier alpha value is -3.24. The number of nitrogens with one attached hydrogen (secondary N) is 2. The summed E-state index contributed by atoms with van der Waals surface area (Å²) in [6.45, 7) is 2.17. The maximum Gasteiger partial charge on any atom is 0.490 e. The van der Waals surface area contributed by atoms with Crippen LogP contribution in [0.5, 0.6) is 5.75 Å². The lowest BCUT2D eigenvalue weighted by Crippen LogP contribution is -2.48. The van der Waals surface area contributed by atoms with E-state index in [0.29, 0.717) is 18.0 Å². The number of aliphatic carboxylic acids is 1. The Morgan fingerprint density at radius 1 is 1.18 bits per heavy atom. The van der Waals surface area contributed by atoms with Crippen LogP contribution in [0.3, 0.4) is 0 Å². The lowest BCUT2D eigenvalue weighted by molar-refractivity contribution is -0.192. The number of alkyl halides is 3. The van der Waals surface area contributed by atoms with Gasteiger partial charge in [-0.05, 0) is 42.0 Å². The van der Waals surface area contributed by atoms with Gasteiger partial charge in [0.15, 0.2) is 0 Å². The van der Waals surface area contributed by atoms with Gasteiger partial charge in [0.05, 0.1) is 13.5 Å². The van der Waals surface area contributed by atoms with Crippen molar-refractivity contribution < 1.29 is 32.6 Å². The topological polar surface area (TPSA) is 94.7 Å². The molecule has 2 heterocycles. The highest BCUT2D eigenvalue weighted by Crippen LogP contribution is 2.23. The molecule has 1 aliphatic rings. The van der Waals surface area contributed by atoms with Crippen LogP contribution in [0.15, 0.2) is 48.5 Å². The van der Waals surface area contributed by atoms with Crippen molar-refractivity contribution in [2.75, 3.05) is 26.7 Å². The Labute approximate surface area is 198 Å². The number of halogens is 4. The van der Waals surface area contributed by atoms with E-state index in [2.05, 4.69) is 10.3 Å². The fourth-order valence-corrected chi connectivity index (χ4v) is 3.75. The van der Waals surface area contributed by atoms with Gasteiger partial charge in [0.2, 0.25) is 5.91 Å². The first kappa shape index (κ1) is 25.4. The Balaban J connectivity index is 0.000000406. The molecule has 0 radical (unpaired) electrons. The maximum atomic E-state index is 12.8. The van der Waals surface area contributed by atoms with Crippen molar-refractivity contribution in [3.8, 4) is 5.75 Å². The molecule has 0 saturated carbocycles. The standard InChI is InChI=1S/C21H22ClN3O2.C2HF3O2/c1-27-18-5-2-14(3-6-18)20-13-25(9-8-23-20)21(26)12-17-11-15-10-16(22)4-7-19(15)24-17;3-2(4,5)1(6)7/h2-7,10-11,20,23-24H,8-9,12-13H2,1H3;(H,6,7). The summed E-state index contributed by atoms with van der Waals surface area (Å²) in [4.78, 5) is 27.0. The molecule has 1 atom stereocenters. The van der Waals surface area contributed by atoms with E-state index in [4.69, 9.17) is 26.2 Å². The number of methoxy groups -OCH3 is 1. The molecule has 2 aromatic carbocycles. The van der Waals surface area contributed by atoms with E-state index in [1.54, 1.807) is 7.11 Å². The fraction of sp³-hybridized carbons (Fsp3) is 0.304. The lowest BCUT2D eigenvalue weighted by atomic mass is 10.0. The van der Waals surface area contributed by atoms with E-state index in [1.165, 1.54) is 0 Å². The number of hydrogen-bond donors (Lipinski definition) is 3. The number of ether oxygens (including phenoxy) is 1. The molecule has 7 nitrogen and oxygen atoms in total. The largest absolute Gasteiger partial charge is 0.497 e. The zero-order valence-corrected chi connectivity index (χ0v) is 18.9. The maximum absolute atomic E-state index is 12.8. The SMILES string of the molecule is COc1ccc(C2CN(C(=O)Cc3cc4cc(Cl)ccc4[nH]3)CCN2)cc1.O=C(O)C(F)(F)F. The number of hydrogen-bond acceptors (Lipinski definition) is 4. The van der Waals surface area contributed by atoms with Crippen molar-refractivity contribution >= 4 is 34.4 Å². The average molecular weight is 498 g/mol. The number of amides is 1. The van der Waals surface area contributed by atoms with Gasteiger partial charge in [-0.1, -0.05) is 23.7 Å². The van der Waals surface area contributed by atoms with Gasteiger partial charge in [0.1, 0.15) is 5.75 Å². The minimum Gasteiger partial charge on any atom is -0.497 e. The first-order valence-electron chi connectivity index (χ1n) is 10.3. The van der Waals surface area contributed by atoms with Gasteiger partial charge in [-0.2, -0.15) is 13.2 Å². The third kappa shape index (κ3) is 6.64. The summed E-state index contributed by atoms with van der Waals surface area (Å²) >= 11 is 6.04. The van der Waals surface area contributed by atoms with Crippen molar-refractivity contribution in [2.24, 2.45) is 0 Å². The third-order valence-electron chi connectivity index (χ3n) is 5.27. The van der Waals surface area contributed by atoms with E-state index in [9.17, 15) is 18.0 Å². The van der Waals surface area contributed by atoms with Gasteiger partial charge < -0.3 is 25.0 Å². The van der Waals surface area contributed by atoms with Crippen LogP contribution >= 0.6 is 11.6 Å². The number of aromatic nitrogens is 1. The highest BCUT2D eigenvalue weighted by Gasteiger charge is 2.38. The van der Waals surface area contributed by atoms with Crippen LogP contribution < -0.4 is 10.1 Å². The minimum atomic E-state index is -5.08. The number of nitrogens with zero attached hydrogens (tertiary/aromatic N) is 1. The Morgan fingerprint density at radius 2 is 1.85 bits per heavy atom. The van der Waals surface area contributed by atoms with Crippen LogP contribution in [-0.4, -0.2) is 59.8 Å². The van der Waals surface area contributed by atoms with Gasteiger partial charge in [-0.3, -0.25) is 4.79 Å². The molecule has 3 N–H and O–H groups in total. The number of benzene rings is 2. The van der Waals surface area contributed by atoms with Gasteiger partial charge in [-0.25, -0.2) is 4.79 Å². The second-order valence-electron chi connectivity index (χ2n) is 7.63. The van der Waals surface area contributed by atoms with Crippen molar-refractivity contribution in [1.29, 1.82) is 0 Å². The summed E-state index contributed by atoms with van der Waals surface area (Å²) in [7, 11) is 1.66. The van der Waals surface area contributed by atoms with Gasteiger partial charge >= 0.3 is 12.1 Å². The third-order valence-corrected chi connectivity index (χ3v) is 5.50. The first-order chi connectivity index (χ1) is 16.1. The van der Waals surface area contributed by atoms with E-state index in [-0.39, 0.29) is 11.9 Å². The molecule has 1 fully saturated rings. The van der Waals surface area contributed by atoms with E-state index in [1.807, 2.05) is 53.4 Å². The molecule has 0 aliphatic carbocycles. The fourth-order valence-electron chi connectivity index (χ4n) is 3.57. The van der Waals surface area contributed by atoms with Crippen molar-refractivity contribution in [3.63, 3.8) is 0 Å². The summed E-state index contributed by atoms with van der Waals surface area (Å²) in [5.74, 6) is -1.79. The van der Waals surface area contributed by atoms with Crippen LogP contribution in [0, 0.1) is 0 Å². The summed E-state index contributed by atoms with van der Waals surface area (Å²) < 4.78 is 37.0. The molecule has 34 heavy (non-hydrogen) atoms. The average Bonchev–Trinajstić information content (AvgIpc) is 3.20. The molecule has 0 spiro atoms. The number of carboxylic acid groups (broad SMARTS) is 1. The zero-order valence-electron chi connectivity index (χ0n) is 18.2. The molecular weight excluding hydrogens is 475 g/mol. The van der Waals surface area contributed by atoms with Crippen LogP contribution in [0.4, 0.5) is 13.2 Å². The normalized spacial score (nSPS) is 16.0. The molecule has 3 aromatic rings. The Morgan fingerprint density at radius 3 is 2.47 bits per heavy atom. The minimum absolute atomic E-state index is 0.132. The second kappa shape index (κ2) is 10.8. The molecule has 0 bridgehead atoms. The predicted octanol–water partition coefficient (Wildman–Crippen LogP) is 4.18. The highest BCUT2D eigenvalue weighted by molar-refractivity contribution is 6.31. The van der Waals surface area contributed by atoms with Gasteiger partial charge in [0, 0.05) is 47.3 Å². The Bertz CT molecular complexity index is 1150. The van der Waals surface area contributed by atoms with Crippen molar-refractivity contribution in [2.45, 2.75) is 18.6 Å². The summed E-state index contributed by atoms with van der Waals surface area (Å²) in [6, 6.07) is 15.8. The lowest BCUT2D eigenvalue weighted by Gasteiger charge is -2.34. The van der Waals surface area contributed by atoms with E-state index >= 15 is 0 Å². The molecule has 1 aromatic heterocycles. The smallest absolute Gasteiger partial charge is 0.490 e. The predicted molar refractivity (Wildman–Crippen MR) is 121 cm³/mol. The van der Waals surface area contributed by atoms with Crippen LogP contribution in [0.1, 0.15) is 17.3 Å². The molecule has 1 saturated heterocycles. The molecule has 11 heteroatoms. The highest BCUT2D eigenvalue weighted by atomic mass is 35.5. The zero-order chi connectivity index (χ0) is 24.9. The number of rotatable bonds is 4. The molecule has 1 amide bonds. The van der Waals surface area contributed by atoms with Crippen LogP contribution in [0.25, 0.3) is 10.9 Å². The number of H-pyrrole nitrogens is 1. The number of aromatic amines is 1. The van der Waals surface area contributed by atoms with E-state index < -0.39 is 12.1 Å². The molecule has 1 unspecified atom stereocenters. The molecular formula is C23H23ClF3N3O4. The van der Waals surface area contributed by atoms with E-state index in [0.717, 1.165) is 41.0 Å². The second-order valence-corrected chi connectivity index (χ2v) is 8.06. The summed E-state index contributed by atoms with van der Waals surface area (Å²) in [5, 5.41) is 12.3. The quantitative estimate of drug-likeness (QED) is 0.503. The van der Waals surface area contributed by atoms with Crippen LogP contribution in [-0.2, 0) is 16.0 Å². The summed E-state index contributed by atoms with van der Waals surface area (Å²) in [5.41, 5.74) is 3.07. The Kier molecular flexibility index (Phi) is 8.06.